The fraction of sp³-hybridized carbons (Fsp3) is 0.318. The Morgan fingerprint density at radius 2 is 1.81 bits per heavy atom. The number of nitrogens with zero attached hydrogens (tertiary/aromatic N) is 2. The molecule has 134 valence electrons. The lowest BCUT2D eigenvalue weighted by Gasteiger charge is -2.31. The van der Waals surface area contributed by atoms with Gasteiger partial charge in [-0.2, -0.15) is 0 Å². The number of benzene rings is 2. The minimum atomic E-state index is 0.248. The number of rotatable bonds is 4. The molecule has 1 fully saturated rings. The molecule has 2 heterocycles. The molecule has 1 aliphatic heterocycles. The van der Waals surface area contributed by atoms with Gasteiger partial charge in [-0.15, -0.1) is 0 Å². The minimum absolute atomic E-state index is 0.248. The number of hydrogen-bond acceptors (Lipinski definition) is 4. The van der Waals surface area contributed by atoms with Gasteiger partial charge in [-0.05, 0) is 53.7 Å². The highest BCUT2D eigenvalue weighted by Crippen LogP contribution is 2.32. The number of methoxy groups -OCH3 is 1. The molecule has 1 aromatic heterocycles. The summed E-state index contributed by atoms with van der Waals surface area (Å²) < 4.78 is 5.35. The fourth-order valence-corrected chi connectivity index (χ4v) is 3.80. The van der Waals surface area contributed by atoms with Crippen LogP contribution in [0.2, 0.25) is 0 Å². The molecule has 0 saturated carbocycles. The van der Waals surface area contributed by atoms with E-state index in [4.69, 9.17) is 4.74 Å². The molecular weight excluding hydrogens is 322 g/mol. The van der Waals surface area contributed by atoms with Gasteiger partial charge < -0.3 is 10.1 Å². The van der Waals surface area contributed by atoms with Crippen LogP contribution in [-0.4, -0.2) is 43.2 Å². The number of fused-ring (bicyclic) bond motifs is 1. The van der Waals surface area contributed by atoms with Gasteiger partial charge >= 0.3 is 0 Å². The van der Waals surface area contributed by atoms with Crippen LogP contribution in [0.25, 0.3) is 10.8 Å². The summed E-state index contributed by atoms with van der Waals surface area (Å²) in [5.41, 5.74) is 2.64. The van der Waals surface area contributed by atoms with Crippen LogP contribution in [0.3, 0.4) is 0 Å². The van der Waals surface area contributed by atoms with Crippen LogP contribution < -0.4 is 10.1 Å². The first kappa shape index (κ1) is 17.0. The van der Waals surface area contributed by atoms with Gasteiger partial charge in [0.25, 0.3) is 0 Å². The first-order valence-electron chi connectivity index (χ1n) is 9.27. The van der Waals surface area contributed by atoms with Crippen molar-refractivity contribution >= 4 is 10.8 Å². The molecular formula is C22H25N3O. The Morgan fingerprint density at radius 3 is 2.65 bits per heavy atom. The first-order valence-corrected chi connectivity index (χ1v) is 9.27. The van der Waals surface area contributed by atoms with Crippen molar-refractivity contribution in [2.75, 3.05) is 33.3 Å². The zero-order valence-electron chi connectivity index (χ0n) is 15.2. The van der Waals surface area contributed by atoms with E-state index in [2.05, 4.69) is 63.7 Å². The number of ether oxygens (including phenoxy) is 1. The SMILES string of the molecule is COc1ccc(C(c2ccc3cnccc3c2)N2CCCNCC2)cc1. The second-order valence-corrected chi connectivity index (χ2v) is 6.80. The summed E-state index contributed by atoms with van der Waals surface area (Å²) in [4.78, 5) is 6.82. The van der Waals surface area contributed by atoms with E-state index in [1.54, 1.807) is 7.11 Å². The monoisotopic (exact) mass is 347 g/mol. The Morgan fingerprint density at radius 1 is 0.962 bits per heavy atom. The highest BCUT2D eigenvalue weighted by molar-refractivity contribution is 5.82. The Kier molecular flexibility index (Phi) is 5.14. The van der Waals surface area contributed by atoms with E-state index in [1.165, 1.54) is 28.3 Å². The molecule has 0 aliphatic carbocycles. The average Bonchev–Trinajstić information content (AvgIpc) is 2.98. The van der Waals surface area contributed by atoms with Gasteiger partial charge in [-0.25, -0.2) is 0 Å². The zero-order valence-corrected chi connectivity index (χ0v) is 15.2. The van der Waals surface area contributed by atoms with Crippen molar-refractivity contribution in [3.63, 3.8) is 0 Å². The topological polar surface area (TPSA) is 37.4 Å². The zero-order chi connectivity index (χ0) is 17.8. The van der Waals surface area contributed by atoms with E-state index in [-0.39, 0.29) is 6.04 Å². The van der Waals surface area contributed by atoms with E-state index in [9.17, 15) is 0 Å². The molecule has 2 aromatic carbocycles. The molecule has 0 spiro atoms. The number of pyridine rings is 1. The lowest BCUT2D eigenvalue weighted by Crippen LogP contribution is -2.33. The summed E-state index contributed by atoms with van der Waals surface area (Å²) in [5, 5.41) is 5.94. The normalized spacial score (nSPS) is 17.0. The predicted octanol–water partition coefficient (Wildman–Crippen LogP) is 3.63. The maximum atomic E-state index is 5.35. The predicted molar refractivity (Wildman–Crippen MR) is 106 cm³/mol. The maximum Gasteiger partial charge on any atom is 0.118 e. The molecule has 4 nitrogen and oxygen atoms in total. The van der Waals surface area contributed by atoms with Crippen molar-refractivity contribution < 1.29 is 4.74 Å². The Balaban J connectivity index is 1.76. The van der Waals surface area contributed by atoms with Gasteiger partial charge in [-0.1, -0.05) is 24.3 Å². The van der Waals surface area contributed by atoms with Crippen molar-refractivity contribution in [1.29, 1.82) is 0 Å². The molecule has 1 atom stereocenters. The molecule has 0 radical (unpaired) electrons. The van der Waals surface area contributed by atoms with Crippen LogP contribution in [0.5, 0.6) is 5.75 Å². The van der Waals surface area contributed by atoms with Crippen molar-refractivity contribution in [2.24, 2.45) is 0 Å². The summed E-state index contributed by atoms with van der Waals surface area (Å²) in [5.74, 6) is 0.898. The van der Waals surface area contributed by atoms with Crippen LogP contribution in [-0.2, 0) is 0 Å². The van der Waals surface area contributed by atoms with Gasteiger partial charge in [0, 0.05) is 37.4 Å². The van der Waals surface area contributed by atoms with Gasteiger partial charge in [0.15, 0.2) is 0 Å². The van der Waals surface area contributed by atoms with Crippen LogP contribution >= 0.6 is 0 Å². The van der Waals surface area contributed by atoms with E-state index < -0.39 is 0 Å². The van der Waals surface area contributed by atoms with Gasteiger partial charge in [0.05, 0.1) is 13.2 Å². The Hall–Kier alpha value is -2.43. The molecule has 1 unspecified atom stereocenters. The van der Waals surface area contributed by atoms with Crippen molar-refractivity contribution in [3.05, 3.63) is 72.1 Å². The van der Waals surface area contributed by atoms with Crippen molar-refractivity contribution in [2.45, 2.75) is 12.5 Å². The maximum absolute atomic E-state index is 5.35. The molecule has 1 saturated heterocycles. The summed E-state index contributed by atoms with van der Waals surface area (Å²) >= 11 is 0. The highest BCUT2D eigenvalue weighted by atomic mass is 16.5. The number of nitrogens with one attached hydrogen (secondary N) is 1. The van der Waals surface area contributed by atoms with Crippen LogP contribution in [0.1, 0.15) is 23.6 Å². The van der Waals surface area contributed by atoms with Crippen LogP contribution in [0, 0.1) is 0 Å². The molecule has 1 aliphatic rings. The van der Waals surface area contributed by atoms with E-state index in [0.717, 1.165) is 31.9 Å². The lowest BCUT2D eigenvalue weighted by molar-refractivity contribution is 0.241. The van der Waals surface area contributed by atoms with Crippen molar-refractivity contribution in [3.8, 4) is 5.75 Å². The Bertz CT molecular complexity index is 855. The molecule has 4 heteroatoms. The smallest absolute Gasteiger partial charge is 0.118 e. The fourth-order valence-electron chi connectivity index (χ4n) is 3.80. The number of aromatic nitrogens is 1. The first-order chi connectivity index (χ1) is 12.8. The van der Waals surface area contributed by atoms with Crippen LogP contribution in [0.4, 0.5) is 0 Å². The van der Waals surface area contributed by atoms with Gasteiger partial charge in [-0.3, -0.25) is 9.88 Å². The van der Waals surface area contributed by atoms with E-state index in [0.29, 0.717) is 0 Å². The molecule has 0 bridgehead atoms. The second-order valence-electron chi connectivity index (χ2n) is 6.80. The van der Waals surface area contributed by atoms with Crippen LogP contribution in [0.15, 0.2) is 60.9 Å². The summed E-state index contributed by atoms with van der Waals surface area (Å²) in [6.07, 6.45) is 4.96. The average molecular weight is 347 g/mol. The quantitative estimate of drug-likeness (QED) is 0.782. The highest BCUT2D eigenvalue weighted by Gasteiger charge is 2.23. The summed E-state index contributed by atoms with van der Waals surface area (Å²) in [6, 6.07) is 17.6. The summed E-state index contributed by atoms with van der Waals surface area (Å²) in [6.45, 7) is 4.27. The third-order valence-electron chi connectivity index (χ3n) is 5.15. The molecule has 3 aromatic rings. The minimum Gasteiger partial charge on any atom is -0.497 e. The standard InChI is InChI=1S/C22H25N3O/c1-26-21-7-5-17(6-8-21)22(25-13-2-10-23-12-14-25)19-3-4-20-16-24-11-9-18(20)15-19/h3-9,11,15-16,22-23H,2,10,12-14H2,1H3. The van der Waals surface area contributed by atoms with Gasteiger partial charge in [0.2, 0.25) is 0 Å². The van der Waals surface area contributed by atoms with Gasteiger partial charge in [0.1, 0.15) is 5.75 Å². The molecule has 26 heavy (non-hydrogen) atoms. The second kappa shape index (κ2) is 7.85. The molecule has 1 N–H and O–H groups in total. The van der Waals surface area contributed by atoms with E-state index in [1.807, 2.05) is 12.4 Å². The molecule has 4 rings (SSSR count). The largest absolute Gasteiger partial charge is 0.497 e. The lowest BCUT2D eigenvalue weighted by atomic mass is 9.95. The third kappa shape index (κ3) is 3.57. The Labute approximate surface area is 154 Å². The number of hydrogen-bond donors (Lipinski definition) is 1. The molecule has 0 amide bonds. The van der Waals surface area contributed by atoms with Crippen molar-refractivity contribution in [1.82, 2.24) is 15.2 Å². The van der Waals surface area contributed by atoms with E-state index >= 15 is 0 Å². The summed E-state index contributed by atoms with van der Waals surface area (Å²) in [7, 11) is 1.71. The third-order valence-corrected chi connectivity index (χ3v) is 5.15.